The van der Waals surface area contributed by atoms with Crippen LogP contribution in [0.25, 0.3) is 0 Å². The highest BCUT2D eigenvalue weighted by Crippen LogP contribution is 2.27. The van der Waals surface area contributed by atoms with E-state index < -0.39 is 5.97 Å². The first-order valence-electron chi connectivity index (χ1n) is 8.18. The average molecular weight is 298 g/mol. The van der Waals surface area contributed by atoms with E-state index in [1.807, 2.05) is 18.7 Å². The lowest BCUT2D eigenvalue weighted by Crippen LogP contribution is -2.55. The summed E-state index contributed by atoms with van der Waals surface area (Å²) in [4.78, 5) is 25.0. The molecule has 5 nitrogen and oxygen atoms in total. The molecule has 0 aromatic carbocycles. The third-order valence-corrected chi connectivity index (χ3v) is 4.89. The molecule has 0 saturated heterocycles. The number of carbonyl (C=O) groups is 2. The van der Waals surface area contributed by atoms with Gasteiger partial charge in [0.25, 0.3) is 0 Å². The molecule has 1 fully saturated rings. The van der Waals surface area contributed by atoms with Crippen molar-refractivity contribution < 1.29 is 14.7 Å². The van der Waals surface area contributed by atoms with Crippen molar-refractivity contribution in [2.45, 2.75) is 65.5 Å². The Morgan fingerprint density at radius 2 is 1.81 bits per heavy atom. The molecule has 0 aromatic heterocycles. The maximum absolute atomic E-state index is 12.2. The Balaban J connectivity index is 2.37. The fourth-order valence-electron chi connectivity index (χ4n) is 3.22. The molecule has 2 N–H and O–H groups in total. The van der Waals surface area contributed by atoms with Crippen LogP contribution in [0.1, 0.15) is 53.4 Å². The topological polar surface area (TPSA) is 69.6 Å². The summed E-state index contributed by atoms with van der Waals surface area (Å²) in [5.41, 5.74) is 0. The second-order valence-electron chi connectivity index (χ2n) is 6.15. The first-order chi connectivity index (χ1) is 9.92. The van der Waals surface area contributed by atoms with Crippen LogP contribution in [0.2, 0.25) is 0 Å². The van der Waals surface area contributed by atoms with E-state index in [0.29, 0.717) is 12.0 Å². The van der Waals surface area contributed by atoms with Gasteiger partial charge in [-0.3, -0.25) is 14.5 Å². The van der Waals surface area contributed by atoms with Crippen molar-refractivity contribution in [3.05, 3.63) is 0 Å². The number of hydrogen-bond donors (Lipinski definition) is 2. The van der Waals surface area contributed by atoms with Crippen molar-refractivity contribution in [2.24, 2.45) is 11.8 Å². The molecule has 1 rings (SSSR count). The van der Waals surface area contributed by atoms with Crippen molar-refractivity contribution in [1.82, 2.24) is 10.2 Å². The molecule has 1 aliphatic rings. The van der Waals surface area contributed by atoms with Crippen LogP contribution in [0.3, 0.4) is 0 Å². The summed E-state index contributed by atoms with van der Waals surface area (Å²) in [6, 6.07) is 0.502. The van der Waals surface area contributed by atoms with E-state index in [0.717, 1.165) is 32.2 Å². The standard InChI is InChI=1S/C16H30N2O3/c1-5-12(6-2)11(4)16(21)17-13-8-14(9-13)18(7-3)10-15(19)20/h11-14H,5-10H2,1-4H3,(H,17,21)(H,19,20). The molecule has 0 radical (unpaired) electrons. The molecule has 1 atom stereocenters. The Kier molecular flexibility index (Phi) is 7.15. The van der Waals surface area contributed by atoms with Crippen LogP contribution in [0.4, 0.5) is 0 Å². The third-order valence-electron chi connectivity index (χ3n) is 4.89. The van der Waals surface area contributed by atoms with Gasteiger partial charge >= 0.3 is 5.97 Å². The van der Waals surface area contributed by atoms with Gasteiger partial charge in [-0.2, -0.15) is 0 Å². The van der Waals surface area contributed by atoms with Gasteiger partial charge in [0.15, 0.2) is 0 Å². The van der Waals surface area contributed by atoms with Crippen molar-refractivity contribution in [1.29, 1.82) is 0 Å². The molecule has 1 amide bonds. The van der Waals surface area contributed by atoms with Gasteiger partial charge in [-0.05, 0) is 25.3 Å². The van der Waals surface area contributed by atoms with Gasteiger partial charge in [0.05, 0.1) is 6.54 Å². The fourth-order valence-corrected chi connectivity index (χ4v) is 3.22. The molecular weight excluding hydrogens is 268 g/mol. The van der Waals surface area contributed by atoms with E-state index in [4.69, 9.17) is 5.11 Å². The highest BCUT2D eigenvalue weighted by molar-refractivity contribution is 5.79. The van der Waals surface area contributed by atoms with Crippen LogP contribution >= 0.6 is 0 Å². The largest absolute Gasteiger partial charge is 0.480 e. The van der Waals surface area contributed by atoms with Gasteiger partial charge in [-0.15, -0.1) is 0 Å². The molecule has 0 bridgehead atoms. The van der Waals surface area contributed by atoms with Crippen molar-refractivity contribution in [3.8, 4) is 0 Å². The SMILES string of the molecule is CCC(CC)C(C)C(=O)NC1CC(N(CC)CC(=O)O)C1. The first-order valence-corrected chi connectivity index (χ1v) is 8.18. The molecule has 1 aliphatic carbocycles. The summed E-state index contributed by atoms with van der Waals surface area (Å²) in [5, 5.41) is 12.0. The maximum Gasteiger partial charge on any atom is 0.317 e. The molecule has 122 valence electrons. The number of likely N-dealkylation sites (N-methyl/N-ethyl adjacent to an activating group) is 1. The van der Waals surface area contributed by atoms with E-state index in [9.17, 15) is 9.59 Å². The van der Waals surface area contributed by atoms with Gasteiger partial charge in [0, 0.05) is 18.0 Å². The second kappa shape index (κ2) is 8.37. The molecule has 0 spiro atoms. The number of hydrogen-bond acceptors (Lipinski definition) is 3. The van der Waals surface area contributed by atoms with Crippen molar-refractivity contribution >= 4 is 11.9 Å². The summed E-state index contributed by atoms with van der Waals surface area (Å²) >= 11 is 0. The fraction of sp³-hybridized carbons (Fsp3) is 0.875. The lowest BCUT2D eigenvalue weighted by molar-refractivity contribution is -0.140. The van der Waals surface area contributed by atoms with E-state index in [1.165, 1.54) is 0 Å². The molecule has 0 aliphatic heterocycles. The highest BCUT2D eigenvalue weighted by atomic mass is 16.4. The molecule has 0 aromatic rings. The summed E-state index contributed by atoms with van der Waals surface area (Å²) in [6.07, 6.45) is 3.78. The van der Waals surface area contributed by atoms with Crippen LogP contribution in [0.15, 0.2) is 0 Å². The van der Waals surface area contributed by atoms with Gasteiger partial charge < -0.3 is 10.4 Å². The Hall–Kier alpha value is -1.10. The molecule has 1 saturated carbocycles. The lowest BCUT2D eigenvalue weighted by atomic mass is 9.83. The number of aliphatic carboxylic acids is 1. The minimum atomic E-state index is -0.785. The zero-order valence-corrected chi connectivity index (χ0v) is 13.8. The quantitative estimate of drug-likeness (QED) is 0.684. The van der Waals surface area contributed by atoms with Gasteiger partial charge in [-0.1, -0.05) is 40.5 Å². The monoisotopic (exact) mass is 298 g/mol. The van der Waals surface area contributed by atoms with Crippen molar-refractivity contribution in [3.63, 3.8) is 0 Å². The zero-order chi connectivity index (χ0) is 16.0. The number of carbonyl (C=O) groups excluding carboxylic acids is 1. The van der Waals surface area contributed by atoms with Crippen LogP contribution in [0, 0.1) is 11.8 Å². The Bertz CT molecular complexity index is 349. The normalized spacial score (nSPS) is 23.0. The van der Waals surface area contributed by atoms with Gasteiger partial charge in [-0.25, -0.2) is 0 Å². The average Bonchev–Trinajstić information content (AvgIpc) is 2.40. The van der Waals surface area contributed by atoms with Crippen LogP contribution in [-0.2, 0) is 9.59 Å². The molecule has 21 heavy (non-hydrogen) atoms. The highest BCUT2D eigenvalue weighted by Gasteiger charge is 2.35. The van der Waals surface area contributed by atoms with Crippen LogP contribution < -0.4 is 5.32 Å². The minimum absolute atomic E-state index is 0.0559. The molecule has 5 heteroatoms. The number of nitrogens with one attached hydrogen (secondary N) is 1. The molecular formula is C16H30N2O3. The number of amides is 1. The second-order valence-corrected chi connectivity index (χ2v) is 6.15. The summed E-state index contributed by atoms with van der Waals surface area (Å²) < 4.78 is 0. The smallest absolute Gasteiger partial charge is 0.317 e. The van der Waals surface area contributed by atoms with Crippen LogP contribution in [0.5, 0.6) is 0 Å². The van der Waals surface area contributed by atoms with Crippen LogP contribution in [-0.4, -0.2) is 47.1 Å². The number of rotatable bonds is 9. The summed E-state index contributed by atoms with van der Waals surface area (Å²) in [5.74, 6) is -0.138. The predicted molar refractivity (Wildman–Crippen MR) is 83.1 cm³/mol. The minimum Gasteiger partial charge on any atom is -0.480 e. The van der Waals surface area contributed by atoms with E-state index >= 15 is 0 Å². The Labute approximate surface area is 128 Å². The zero-order valence-electron chi connectivity index (χ0n) is 13.8. The van der Waals surface area contributed by atoms with E-state index in [1.54, 1.807) is 0 Å². The number of carboxylic acid groups (broad SMARTS) is 1. The Morgan fingerprint density at radius 1 is 1.24 bits per heavy atom. The molecule has 0 heterocycles. The molecule has 1 unspecified atom stereocenters. The number of carboxylic acids is 1. The van der Waals surface area contributed by atoms with Crippen molar-refractivity contribution in [2.75, 3.05) is 13.1 Å². The Morgan fingerprint density at radius 3 is 2.24 bits per heavy atom. The lowest BCUT2D eigenvalue weighted by Gasteiger charge is -2.42. The first kappa shape index (κ1) is 18.0. The predicted octanol–water partition coefficient (Wildman–Crippen LogP) is 2.11. The maximum atomic E-state index is 12.2. The van der Waals surface area contributed by atoms with E-state index in [2.05, 4.69) is 19.2 Å². The van der Waals surface area contributed by atoms with Gasteiger partial charge in [0.2, 0.25) is 5.91 Å². The van der Waals surface area contributed by atoms with E-state index in [-0.39, 0.29) is 24.4 Å². The summed E-state index contributed by atoms with van der Waals surface area (Å²) in [6.45, 7) is 9.06. The third kappa shape index (κ3) is 4.99. The number of nitrogens with zero attached hydrogens (tertiary/aromatic N) is 1. The van der Waals surface area contributed by atoms with Gasteiger partial charge in [0.1, 0.15) is 0 Å². The summed E-state index contributed by atoms with van der Waals surface area (Å²) in [7, 11) is 0.